The van der Waals surface area contributed by atoms with Crippen LogP contribution in [0, 0.1) is 3.57 Å². The van der Waals surface area contributed by atoms with Crippen LogP contribution in [0.2, 0.25) is 5.15 Å². The Kier molecular flexibility index (Phi) is 4.21. The summed E-state index contributed by atoms with van der Waals surface area (Å²) in [6.07, 6.45) is -1.62. The number of pyridine rings is 1. The molecule has 0 aliphatic rings. The minimum absolute atomic E-state index is 0.174. The van der Waals surface area contributed by atoms with Gasteiger partial charge in [-0.2, -0.15) is 0 Å². The molecule has 1 heterocycles. The van der Waals surface area contributed by atoms with Crippen molar-refractivity contribution in [2.75, 3.05) is 7.11 Å². The largest absolute Gasteiger partial charge is 0.465 e. The van der Waals surface area contributed by atoms with Crippen molar-refractivity contribution < 1.29 is 18.3 Å². The highest BCUT2D eigenvalue weighted by molar-refractivity contribution is 14.1. The number of ether oxygens (including phenoxy) is 1. The van der Waals surface area contributed by atoms with Crippen LogP contribution in [0.15, 0.2) is 6.20 Å². The fourth-order valence-electron chi connectivity index (χ4n) is 0.988. The quantitative estimate of drug-likeness (QED) is 0.469. The summed E-state index contributed by atoms with van der Waals surface area (Å²) >= 11 is 7.23. The van der Waals surface area contributed by atoms with Crippen molar-refractivity contribution in [3.63, 3.8) is 0 Å². The number of carbonyl (C=O) groups is 1. The van der Waals surface area contributed by atoms with Crippen LogP contribution in [-0.4, -0.2) is 18.1 Å². The average Bonchev–Trinajstić information content (AvgIpc) is 2.19. The number of aromatic nitrogens is 1. The summed E-state index contributed by atoms with van der Waals surface area (Å²) in [7, 11) is 1.09. The summed E-state index contributed by atoms with van der Waals surface area (Å²) in [5, 5.41) is -0.280. The van der Waals surface area contributed by atoms with Gasteiger partial charge >= 0.3 is 5.97 Å². The van der Waals surface area contributed by atoms with Crippen molar-refractivity contribution >= 4 is 40.2 Å². The molecule has 0 N–H and O–H groups in total. The molecule has 0 bridgehead atoms. The van der Waals surface area contributed by atoms with Gasteiger partial charge in [0.1, 0.15) is 10.7 Å². The Morgan fingerprint density at radius 1 is 1.67 bits per heavy atom. The Bertz CT molecular complexity index is 400. The van der Waals surface area contributed by atoms with Gasteiger partial charge in [0.15, 0.2) is 0 Å². The van der Waals surface area contributed by atoms with Gasteiger partial charge in [-0.15, -0.1) is 0 Å². The molecule has 0 radical (unpaired) electrons. The van der Waals surface area contributed by atoms with E-state index in [1.807, 2.05) is 0 Å². The molecule has 0 spiro atoms. The SMILES string of the molecule is COC(=O)c1c(Cl)ncc(I)c1C(F)F. The van der Waals surface area contributed by atoms with E-state index in [-0.39, 0.29) is 14.3 Å². The second-order valence-electron chi connectivity index (χ2n) is 2.48. The van der Waals surface area contributed by atoms with Crippen molar-refractivity contribution in [3.8, 4) is 0 Å². The van der Waals surface area contributed by atoms with Crippen molar-refractivity contribution in [1.29, 1.82) is 0 Å². The number of methoxy groups -OCH3 is 1. The number of hydrogen-bond acceptors (Lipinski definition) is 3. The van der Waals surface area contributed by atoms with Crippen molar-refractivity contribution in [1.82, 2.24) is 4.98 Å². The van der Waals surface area contributed by atoms with Crippen LogP contribution in [0.25, 0.3) is 0 Å². The lowest BCUT2D eigenvalue weighted by Crippen LogP contribution is -2.10. The molecule has 1 rings (SSSR count). The average molecular weight is 347 g/mol. The Morgan fingerprint density at radius 3 is 2.73 bits per heavy atom. The van der Waals surface area contributed by atoms with Gasteiger partial charge in [-0.25, -0.2) is 18.6 Å². The lowest BCUT2D eigenvalue weighted by molar-refractivity contribution is 0.0588. The maximum Gasteiger partial charge on any atom is 0.341 e. The smallest absolute Gasteiger partial charge is 0.341 e. The van der Waals surface area contributed by atoms with Crippen LogP contribution in [0.5, 0.6) is 0 Å². The second kappa shape index (κ2) is 5.02. The van der Waals surface area contributed by atoms with E-state index in [4.69, 9.17) is 11.6 Å². The second-order valence-corrected chi connectivity index (χ2v) is 4.00. The molecule has 0 saturated heterocycles. The molecule has 0 aliphatic heterocycles. The number of esters is 1. The molecule has 0 unspecified atom stereocenters. The summed E-state index contributed by atoms with van der Waals surface area (Å²) < 4.78 is 29.9. The maximum atomic E-state index is 12.7. The van der Waals surface area contributed by atoms with E-state index < -0.39 is 18.0 Å². The van der Waals surface area contributed by atoms with Crippen LogP contribution >= 0.6 is 34.2 Å². The number of carbonyl (C=O) groups excluding carboxylic acids is 1. The summed E-state index contributed by atoms with van der Waals surface area (Å²) in [6.45, 7) is 0. The van der Waals surface area contributed by atoms with E-state index in [1.165, 1.54) is 6.20 Å². The van der Waals surface area contributed by atoms with Gasteiger partial charge in [0.2, 0.25) is 0 Å². The van der Waals surface area contributed by atoms with Crippen LogP contribution in [0.1, 0.15) is 22.3 Å². The summed E-state index contributed by atoms with van der Waals surface area (Å²) in [6, 6.07) is 0. The van der Waals surface area contributed by atoms with Gasteiger partial charge in [-0.1, -0.05) is 11.6 Å². The highest BCUT2D eigenvalue weighted by Gasteiger charge is 2.25. The third kappa shape index (κ3) is 2.54. The first-order valence-electron chi connectivity index (χ1n) is 3.69. The Labute approximate surface area is 103 Å². The van der Waals surface area contributed by atoms with Crippen LogP contribution in [-0.2, 0) is 4.74 Å². The third-order valence-electron chi connectivity index (χ3n) is 1.63. The predicted octanol–water partition coefficient (Wildman–Crippen LogP) is 3.06. The van der Waals surface area contributed by atoms with Crippen molar-refractivity contribution in [3.05, 3.63) is 26.0 Å². The molecule has 0 amide bonds. The first-order valence-corrected chi connectivity index (χ1v) is 5.15. The number of nitrogens with zero attached hydrogens (tertiary/aromatic N) is 1. The first-order chi connectivity index (χ1) is 6.99. The lowest BCUT2D eigenvalue weighted by Gasteiger charge is -2.09. The predicted molar refractivity (Wildman–Crippen MR) is 58.3 cm³/mol. The monoisotopic (exact) mass is 347 g/mol. The van der Waals surface area contributed by atoms with E-state index in [0.717, 1.165) is 7.11 Å². The van der Waals surface area contributed by atoms with Gasteiger partial charge in [-0.05, 0) is 22.6 Å². The van der Waals surface area contributed by atoms with Gasteiger partial charge in [0.05, 0.1) is 12.7 Å². The van der Waals surface area contributed by atoms with Gasteiger partial charge < -0.3 is 4.74 Å². The molecule has 0 saturated carbocycles. The highest BCUT2D eigenvalue weighted by Crippen LogP contribution is 2.31. The van der Waals surface area contributed by atoms with Crippen LogP contribution < -0.4 is 0 Å². The fraction of sp³-hybridized carbons (Fsp3) is 0.250. The van der Waals surface area contributed by atoms with Gasteiger partial charge in [0, 0.05) is 9.77 Å². The lowest BCUT2D eigenvalue weighted by atomic mass is 10.1. The third-order valence-corrected chi connectivity index (χ3v) is 2.78. The Balaban J connectivity index is 3.45. The Morgan fingerprint density at radius 2 is 2.27 bits per heavy atom. The molecule has 82 valence electrons. The van der Waals surface area contributed by atoms with Gasteiger partial charge in [-0.3, -0.25) is 0 Å². The Hall–Kier alpha value is -0.500. The molecular formula is C8H5ClF2INO2. The molecule has 0 atom stereocenters. The van der Waals surface area contributed by atoms with E-state index in [2.05, 4.69) is 9.72 Å². The fourth-order valence-corrected chi connectivity index (χ4v) is 1.86. The zero-order chi connectivity index (χ0) is 11.6. The molecule has 3 nitrogen and oxygen atoms in total. The molecule has 7 heteroatoms. The molecule has 0 aliphatic carbocycles. The molecule has 15 heavy (non-hydrogen) atoms. The van der Waals surface area contributed by atoms with E-state index >= 15 is 0 Å². The number of alkyl halides is 2. The summed E-state index contributed by atoms with van der Waals surface area (Å²) in [5.74, 6) is -0.915. The van der Waals surface area contributed by atoms with Crippen LogP contribution in [0.3, 0.4) is 0 Å². The number of rotatable bonds is 2. The zero-order valence-corrected chi connectivity index (χ0v) is 10.3. The molecular weight excluding hydrogens is 342 g/mol. The first kappa shape index (κ1) is 12.6. The van der Waals surface area contributed by atoms with E-state index in [1.54, 1.807) is 22.6 Å². The van der Waals surface area contributed by atoms with Crippen LogP contribution in [0.4, 0.5) is 8.78 Å². The summed E-state index contributed by atoms with van der Waals surface area (Å²) in [5.41, 5.74) is -0.816. The van der Waals surface area contributed by atoms with Crippen molar-refractivity contribution in [2.45, 2.75) is 6.43 Å². The minimum Gasteiger partial charge on any atom is -0.465 e. The maximum absolute atomic E-state index is 12.7. The zero-order valence-electron chi connectivity index (χ0n) is 7.43. The number of hydrogen-bond donors (Lipinski definition) is 0. The molecule has 0 fully saturated rings. The number of halogens is 4. The molecule has 0 aromatic carbocycles. The topological polar surface area (TPSA) is 39.2 Å². The normalized spacial score (nSPS) is 10.5. The summed E-state index contributed by atoms with van der Waals surface area (Å²) in [4.78, 5) is 14.8. The molecule has 1 aromatic heterocycles. The molecule has 1 aromatic rings. The van der Waals surface area contributed by atoms with Gasteiger partial charge in [0.25, 0.3) is 6.43 Å². The van der Waals surface area contributed by atoms with Crippen molar-refractivity contribution in [2.24, 2.45) is 0 Å². The van der Waals surface area contributed by atoms with E-state index in [0.29, 0.717) is 0 Å². The van der Waals surface area contributed by atoms with E-state index in [9.17, 15) is 13.6 Å². The standard InChI is InChI=1S/C8H5ClF2INO2/c1-15-8(14)5-4(7(10)11)3(12)2-13-6(5)9/h2,7H,1H3. The minimum atomic E-state index is -2.80. The highest BCUT2D eigenvalue weighted by atomic mass is 127.